The number of hydrogen-bond donors (Lipinski definition) is 1. The van der Waals surface area contributed by atoms with Crippen LogP contribution >= 0.6 is 11.3 Å². The maximum absolute atomic E-state index is 12.5. The highest BCUT2D eigenvalue weighted by atomic mass is 32.1. The van der Waals surface area contributed by atoms with E-state index < -0.39 is 0 Å². The van der Waals surface area contributed by atoms with Crippen LogP contribution in [0.15, 0.2) is 30.3 Å². The van der Waals surface area contributed by atoms with Crippen LogP contribution in [0.2, 0.25) is 0 Å². The Balaban J connectivity index is 1.33. The Kier molecular flexibility index (Phi) is 5.89. The monoisotopic (exact) mass is 410 g/mol. The van der Waals surface area contributed by atoms with E-state index >= 15 is 0 Å². The molecule has 1 saturated heterocycles. The SMILES string of the molecule is Cc1cc(C)n(CCc2nnc(NC(=O)c3ccc(N4CCCCC4)cc3)s2)n1. The smallest absolute Gasteiger partial charge is 0.257 e. The van der Waals surface area contributed by atoms with Crippen LogP contribution in [0, 0.1) is 13.8 Å². The van der Waals surface area contributed by atoms with Crippen molar-refractivity contribution in [2.75, 3.05) is 23.3 Å². The Morgan fingerprint density at radius 3 is 2.55 bits per heavy atom. The molecular formula is C21H26N6OS. The van der Waals surface area contributed by atoms with Crippen molar-refractivity contribution >= 4 is 28.1 Å². The highest BCUT2D eigenvalue weighted by molar-refractivity contribution is 7.15. The number of aromatic nitrogens is 4. The van der Waals surface area contributed by atoms with Gasteiger partial charge in [0, 0.05) is 43.0 Å². The van der Waals surface area contributed by atoms with E-state index in [1.807, 2.05) is 42.8 Å². The summed E-state index contributed by atoms with van der Waals surface area (Å²) in [5.74, 6) is -0.156. The highest BCUT2D eigenvalue weighted by Crippen LogP contribution is 2.21. The van der Waals surface area contributed by atoms with Crippen molar-refractivity contribution in [3.05, 3.63) is 52.3 Å². The number of hydrogen-bond acceptors (Lipinski definition) is 6. The van der Waals surface area contributed by atoms with Gasteiger partial charge in [0.15, 0.2) is 0 Å². The predicted octanol–water partition coefficient (Wildman–Crippen LogP) is 3.84. The van der Waals surface area contributed by atoms with Gasteiger partial charge in [0.2, 0.25) is 5.13 Å². The second kappa shape index (κ2) is 8.73. The highest BCUT2D eigenvalue weighted by Gasteiger charge is 2.14. The van der Waals surface area contributed by atoms with Crippen molar-refractivity contribution in [1.82, 2.24) is 20.0 Å². The first-order valence-electron chi connectivity index (χ1n) is 10.1. The Bertz CT molecular complexity index is 971. The van der Waals surface area contributed by atoms with Crippen molar-refractivity contribution in [2.24, 2.45) is 0 Å². The topological polar surface area (TPSA) is 75.9 Å². The first-order valence-corrected chi connectivity index (χ1v) is 10.9. The molecule has 8 heteroatoms. The molecule has 1 aliphatic heterocycles. The number of amides is 1. The van der Waals surface area contributed by atoms with Crippen LogP contribution in [0.5, 0.6) is 0 Å². The van der Waals surface area contributed by atoms with Crippen molar-refractivity contribution in [1.29, 1.82) is 0 Å². The molecule has 4 rings (SSSR count). The molecule has 3 heterocycles. The third-order valence-electron chi connectivity index (χ3n) is 5.18. The number of nitrogens with one attached hydrogen (secondary N) is 1. The number of anilines is 2. The lowest BCUT2D eigenvalue weighted by atomic mass is 10.1. The minimum Gasteiger partial charge on any atom is -0.372 e. The van der Waals surface area contributed by atoms with Gasteiger partial charge in [-0.1, -0.05) is 11.3 Å². The van der Waals surface area contributed by atoms with E-state index in [1.54, 1.807) is 0 Å². The summed E-state index contributed by atoms with van der Waals surface area (Å²) in [5, 5.41) is 17.0. The molecule has 1 aliphatic rings. The van der Waals surface area contributed by atoms with E-state index in [2.05, 4.69) is 31.6 Å². The fraction of sp³-hybridized carbons (Fsp3) is 0.429. The van der Waals surface area contributed by atoms with Crippen LogP contribution in [-0.2, 0) is 13.0 Å². The lowest BCUT2D eigenvalue weighted by Gasteiger charge is -2.28. The number of carbonyl (C=O) groups is 1. The molecule has 0 saturated carbocycles. The van der Waals surface area contributed by atoms with Crippen LogP contribution in [0.1, 0.15) is 46.0 Å². The Morgan fingerprint density at radius 2 is 1.86 bits per heavy atom. The van der Waals surface area contributed by atoms with Crippen molar-refractivity contribution < 1.29 is 4.79 Å². The van der Waals surface area contributed by atoms with Crippen LogP contribution < -0.4 is 10.2 Å². The largest absolute Gasteiger partial charge is 0.372 e. The van der Waals surface area contributed by atoms with E-state index in [4.69, 9.17) is 0 Å². The molecule has 3 aromatic rings. The normalized spacial score (nSPS) is 14.2. The summed E-state index contributed by atoms with van der Waals surface area (Å²) < 4.78 is 1.97. The molecule has 1 fully saturated rings. The van der Waals surface area contributed by atoms with Gasteiger partial charge in [-0.15, -0.1) is 10.2 Å². The van der Waals surface area contributed by atoms with Crippen molar-refractivity contribution in [2.45, 2.75) is 46.1 Å². The molecule has 1 aromatic carbocycles. The zero-order valence-corrected chi connectivity index (χ0v) is 17.7. The van der Waals surface area contributed by atoms with Gasteiger partial charge in [-0.05, 0) is 63.4 Å². The molecular weight excluding hydrogens is 384 g/mol. The van der Waals surface area contributed by atoms with Crippen molar-refractivity contribution in [3.8, 4) is 0 Å². The second-order valence-corrected chi connectivity index (χ2v) is 8.51. The number of carbonyl (C=O) groups excluding carboxylic acids is 1. The molecule has 0 spiro atoms. The van der Waals surface area contributed by atoms with E-state index in [1.165, 1.54) is 36.3 Å². The van der Waals surface area contributed by atoms with Crippen LogP contribution in [0.3, 0.4) is 0 Å². The Hall–Kier alpha value is -2.74. The van der Waals surface area contributed by atoms with E-state index in [9.17, 15) is 4.79 Å². The molecule has 29 heavy (non-hydrogen) atoms. The Labute approximate surface area is 174 Å². The summed E-state index contributed by atoms with van der Waals surface area (Å²) in [6.07, 6.45) is 4.52. The zero-order chi connectivity index (χ0) is 20.2. The van der Waals surface area contributed by atoms with Gasteiger partial charge in [-0.2, -0.15) is 5.10 Å². The molecule has 0 radical (unpaired) electrons. The third kappa shape index (κ3) is 4.82. The molecule has 0 aliphatic carbocycles. The summed E-state index contributed by atoms with van der Waals surface area (Å²) in [7, 11) is 0. The fourth-order valence-corrected chi connectivity index (χ4v) is 4.38. The fourth-order valence-electron chi connectivity index (χ4n) is 3.65. The molecule has 0 bridgehead atoms. The van der Waals surface area contributed by atoms with Crippen LogP contribution in [-0.4, -0.2) is 39.0 Å². The first-order chi connectivity index (χ1) is 14.1. The van der Waals surface area contributed by atoms with Crippen LogP contribution in [0.4, 0.5) is 10.8 Å². The summed E-state index contributed by atoms with van der Waals surface area (Å²) in [4.78, 5) is 14.9. The molecule has 7 nitrogen and oxygen atoms in total. The summed E-state index contributed by atoms with van der Waals surface area (Å²) >= 11 is 1.41. The van der Waals surface area contributed by atoms with Gasteiger partial charge in [-0.3, -0.25) is 14.8 Å². The van der Waals surface area contributed by atoms with Gasteiger partial charge in [0.05, 0.1) is 5.69 Å². The molecule has 2 aromatic heterocycles. The van der Waals surface area contributed by atoms with Gasteiger partial charge < -0.3 is 4.90 Å². The molecule has 0 atom stereocenters. The number of piperidine rings is 1. The molecule has 1 N–H and O–H groups in total. The summed E-state index contributed by atoms with van der Waals surface area (Å²) in [6.45, 7) is 6.97. The van der Waals surface area contributed by atoms with Gasteiger partial charge in [0.1, 0.15) is 5.01 Å². The average Bonchev–Trinajstić information content (AvgIpc) is 3.32. The Morgan fingerprint density at radius 1 is 1.10 bits per heavy atom. The lowest BCUT2D eigenvalue weighted by molar-refractivity contribution is 0.102. The zero-order valence-electron chi connectivity index (χ0n) is 16.9. The van der Waals surface area contributed by atoms with Gasteiger partial charge in [-0.25, -0.2) is 0 Å². The summed E-state index contributed by atoms with van der Waals surface area (Å²) in [6, 6.07) is 9.87. The average molecular weight is 411 g/mol. The minimum absolute atomic E-state index is 0.156. The third-order valence-corrected chi connectivity index (χ3v) is 6.08. The second-order valence-electron chi connectivity index (χ2n) is 7.45. The standard InChI is InChI=1S/C21H26N6OS/c1-15-14-16(2)27(25-15)13-10-19-23-24-21(29-19)22-20(28)17-6-8-18(9-7-17)26-11-4-3-5-12-26/h6-9,14H,3-5,10-13H2,1-2H3,(H,22,24,28). The number of aryl methyl sites for hydroxylation is 4. The predicted molar refractivity (Wildman–Crippen MR) is 116 cm³/mol. The number of rotatable bonds is 6. The molecule has 152 valence electrons. The maximum atomic E-state index is 12.5. The first kappa shape index (κ1) is 19.6. The quantitative estimate of drug-likeness (QED) is 0.668. The summed E-state index contributed by atoms with van der Waals surface area (Å²) in [5.41, 5.74) is 3.96. The minimum atomic E-state index is -0.156. The lowest BCUT2D eigenvalue weighted by Crippen LogP contribution is -2.29. The van der Waals surface area contributed by atoms with E-state index in [-0.39, 0.29) is 5.91 Å². The van der Waals surface area contributed by atoms with E-state index in [0.717, 1.165) is 42.5 Å². The van der Waals surface area contributed by atoms with Gasteiger partial charge >= 0.3 is 0 Å². The van der Waals surface area contributed by atoms with Gasteiger partial charge in [0.25, 0.3) is 5.91 Å². The maximum Gasteiger partial charge on any atom is 0.257 e. The van der Waals surface area contributed by atoms with Crippen LogP contribution in [0.25, 0.3) is 0 Å². The van der Waals surface area contributed by atoms with E-state index in [0.29, 0.717) is 10.7 Å². The molecule has 1 amide bonds. The number of benzene rings is 1. The van der Waals surface area contributed by atoms with Crippen molar-refractivity contribution in [3.63, 3.8) is 0 Å². The number of nitrogens with zero attached hydrogens (tertiary/aromatic N) is 5. The molecule has 0 unspecified atom stereocenters.